The number of oxazole rings is 1. The molecule has 144 valence electrons. The van der Waals surface area contributed by atoms with Gasteiger partial charge in [-0.1, -0.05) is 6.07 Å². The fourth-order valence-corrected chi connectivity index (χ4v) is 2.91. The summed E-state index contributed by atoms with van der Waals surface area (Å²) in [5.41, 5.74) is 0.230. The SMILES string of the molecule is O=C(c1ncc(F)cc1F)N1CCc2nc(COc3cccc(F)c3)oc2C1. The number of ether oxygens (including phenoxy) is 1. The molecule has 1 aliphatic rings. The van der Waals surface area contributed by atoms with Gasteiger partial charge >= 0.3 is 0 Å². The topological polar surface area (TPSA) is 68.5 Å². The number of benzene rings is 1. The fraction of sp³-hybridized carbons (Fsp3) is 0.211. The van der Waals surface area contributed by atoms with Crippen molar-refractivity contribution in [2.24, 2.45) is 0 Å². The maximum atomic E-state index is 13.8. The number of carbonyl (C=O) groups is 1. The van der Waals surface area contributed by atoms with Crippen molar-refractivity contribution in [1.29, 1.82) is 0 Å². The second kappa shape index (κ2) is 7.34. The lowest BCUT2D eigenvalue weighted by Crippen LogP contribution is -2.36. The quantitative estimate of drug-likeness (QED) is 0.685. The lowest BCUT2D eigenvalue weighted by atomic mass is 10.1. The van der Waals surface area contributed by atoms with Crippen molar-refractivity contribution in [1.82, 2.24) is 14.9 Å². The Kier molecular flexibility index (Phi) is 4.72. The molecule has 1 aliphatic heterocycles. The lowest BCUT2D eigenvalue weighted by molar-refractivity contribution is 0.0706. The summed E-state index contributed by atoms with van der Waals surface area (Å²) >= 11 is 0. The van der Waals surface area contributed by atoms with Crippen molar-refractivity contribution >= 4 is 5.91 Å². The lowest BCUT2D eigenvalue weighted by Gasteiger charge is -2.24. The molecule has 9 heteroatoms. The van der Waals surface area contributed by atoms with Gasteiger partial charge in [0.05, 0.1) is 18.4 Å². The van der Waals surface area contributed by atoms with E-state index in [9.17, 15) is 18.0 Å². The molecule has 6 nitrogen and oxygen atoms in total. The minimum absolute atomic E-state index is 0.00144. The minimum atomic E-state index is -1.02. The van der Waals surface area contributed by atoms with Crippen LogP contribution in [0.3, 0.4) is 0 Å². The third kappa shape index (κ3) is 3.68. The molecule has 0 spiro atoms. The predicted octanol–water partition coefficient (Wildman–Crippen LogP) is 3.26. The van der Waals surface area contributed by atoms with E-state index >= 15 is 0 Å². The number of pyridine rings is 1. The molecule has 0 unspecified atom stereocenters. The molecular formula is C19H14F3N3O3. The molecule has 1 amide bonds. The number of rotatable bonds is 4. The van der Waals surface area contributed by atoms with E-state index in [0.717, 1.165) is 6.20 Å². The van der Waals surface area contributed by atoms with Crippen LogP contribution < -0.4 is 4.74 Å². The van der Waals surface area contributed by atoms with Crippen LogP contribution in [0.25, 0.3) is 0 Å². The molecule has 0 bridgehead atoms. The predicted molar refractivity (Wildman–Crippen MR) is 89.8 cm³/mol. The first-order valence-corrected chi connectivity index (χ1v) is 8.46. The van der Waals surface area contributed by atoms with Crippen LogP contribution in [0, 0.1) is 17.5 Å². The first-order valence-electron chi connectivity index (χ1n) is 8.46. The summed E-state index contributed by atoms with van der Waals surface area (Å²) in [6.07, 6.45) is 1.20. The second-order valence-corrected chi connectivity index (χ2v) is 6.18. The Morgan fingerprint density at radius 2 is 2.07 bits per heavy atom. The largest absolute Gasteiger partial charge is 0.484 e. The summed E-state index contributed by atoms with van der Waals surface area (Å²) in [6.45, 7) is 0.374. The number of hydrogen-bond donors (Lipinski definition) is 0. The van der Waals surface area contributed by atoms with Crippen LogP contribution in [0.2, 0.25) is 0 Å². The Morgan fingerprint density at radius 3 is 2.86 bits per heavy atom. The summed E-state index contributed by atoms with van der Waals surface area (Å²) in [5, 5.41) is 0. The number of amides is 1. The molecule has 0 saturated heterocycles. The minimum Gasteiger partial charge on any atom is -0.484 e. The van der Waals surface area contributed by atoms with Crippen LogP contribution >= 0.6 is 0 Å². The zero-order chi connectivity index (χ0) is 19.7. The van der Waals surface area contributed by atoms with E-state index in [1.807, 2.05) is 0 Å². The molecule has 0 N–H and O–H groups in total. The average molecular weight is 389 g/mol. The molecule has 3 aromatic rings. The van der Waals surface area contributed by atoms with Gasteiger partial charge in [0.1, 0.15) is 23.1 Å². The molecule has 0 fully saturated rings. The van der Waals surface area contributed by atoms with Crippen LogP contribution in [-0.2, 0) is 19.6 Å². The van der Waals surface area contributed by atoms with Crippen molar-refractivity contribution in [2.45, 2.75) is 19.6 Å². The summed E-state index contributed by atoms with van der Waals surface area (Å²) in [7, 11) is 0. The van der Waals surface area contributed by atoms with Crippen LogP contribution in [0.5, 0.6) is 5.75 Å². The maximum absolute atomic E-state index is 13.8. The van der Waals surface area contributed by atoms with Crippen molar-refractivity contribution in [2.75, 3.05) is 6.54 Å². The van der Waals surface area contributed by atoms with Gasteiger partial charge in [0.2, 0.25) is 5.89 Å². The van der Waals surface area contributed by atoms with E-state index in [-0.39, 0.29) is 19.0 Å². The Bertz CT molecular complexity index is 1040. The third-order valence-electron chi connectivity index (χ3n) is 4.23. The molecule has 0 saturated carbocycles. The Hall–Kier alpha value is -3.36. The van der Waals surface area contributed by atoms with Gasteiger partial charge < -0.3 is 14.1 Å². The van der Waals surface area contributed by atoms with Gasteiger partial charge in [-0.05, 0) is 12.1 Å². The third-order valence-corrected chi connectivity index (χ3v) is 4.23. The van der Waals surface area contributed by atoms with Gasteiger partial charge in [-0.15, -0.1) is 0 Å². The molecule has 0 atom stereocenters. The summed E-state index contributed by atoms with van der Waals surface area (Å²) in [4.78, 5) is 21.7. The van der Waals surface area contributed by atoms with E-state index in [1.54, 1.807) is 6.07 Å². The van der Waals surface area contributed by atoms with Gasteiger partial charge in [0, 0.05) is 25.1 Å². The van der Waals surface area contributed by atoms with E-state index in [2.05, 4.69) is 9.97 Å². The van der Waals surface area contributed by atoms with Gasteiger partial charge in [0.25, 0.3) is 5.91 Å². The monoisotopic (exact) mass is 389 g/mol. The fourth-order valence-electron chi connectivity index (χ4n) is 2.91. The van der Waals surface area contributed by atoms with Crippen molar-refractivity contribution in [3.63, 3.8) is 0 Å². The molecule has 4 rings (SSSR count). The zero-order valence-corrected chi connectivity index (χ0v) is 14.5. The molecule has 3 heterocycles. The normalized spacial score (nSPS) is 13.3. The molecule has 28 heavy (non-hydrogen) atoms. The number of halogens is 3. The van der Waals surface area contributed by atoms with E-state index < -0.39 is 29.1 Å². The van der Waals surface area contributed by atoms with Crippen molar-refractivity contribution in [3.8, 4) is 5.75 Å². The highest BCUT2D eigenvalue weighted by molar-refractivity contribution is 5.92. The molecular weight excluding hydrogens is 375 g/mol. The standard InChI is InChI=1S/C19H14F3N3O3/c20-11-2-1-3-13(6-11)27-10-17-24-15-4-5-25(9-16(15)28-17)19(26)18-14(22)7-12(21)8-23-18/h1-3,6-8H,4-5,9-10H2. The average Bonchev–Trinajstić information content (AvgIpc) is 3.08. The highest BCUT2D eigenvalue weighted by Crippen LogP contribution is 2.23. The molecule has 0 radical (unpaired) electrons. The summed E-state index contributed by atoms with van der Waals surface area (Å²) in [5.74, 6) is -1.86. The number of hydrogen-bond acceptors (Lipinski definition) is 5. The number of fused-ring (bicyclic) bond motifs is 1. The van der Waals surface area contributed by atoms with E-state index in [1.165, 1.54) is 23.1 Å². The summed E-state index contributed by atoms with van der Waals surface area (Å²) < 4.78 is 51.1. The van der Waals surface area contributed by atoms with Gasteiger partial charge in [0.15, 0.2) is 18.1 Å². The first-order chi connectivity index (χ1) is 13.5. The van der Waals surface area contributed by atoms with Gasteiger partial charge in [-0.3, -0.25) is 4.79 Å². The van der Waals surface area contributed by atoms with Gasteiger partial charge in [-0.2, -0.15) is 0 Å². The zero-order valence-electron chi connectivity index (χ0n) is 14.5. The molecule has 2 aromatic heterocycles. The highest BCUT2D eigenvalue weighted by atomic mass is 19.1. The highest BCUT2D eigenvalue weighted by Gasteiger charge is 2.28. The number of aromatic nitrogens is 2. The van der Waals surface area contributed by atoms with Crippen molar-refractivity contribution in [3.05, 3.63) is 77.0 Å². The number of carbonyl (C=O) groups excluding carboxylic acids is 1. The molecule has 1 aromatic carbocycles. The summed E-state index contributed by atoms with van der Waals surface area (Å²) in [6, 6.07) is 6.30. The van der Waals surface area contributed by atoms with Crippen LogP contribution in [0.15, 0.2) is 40.9 Å². The van der Waals surface area contributed by atoms with Crippen LogP contribution in [-0.4, -0.2) is 27.3 Å². The smallest absolute Gasteiger partial charge is 0.275 e. The van der Waals surface area contributed by atoms with E-state index in [4.69, 9.17) is 9.15 Å². The first kappa shape index (κ1) is 18.0. The van der Waals surface area contributed by atoms with Crippen LogP contribution in [0.1, 0.15) is 27.8 Å². The van der Waals surface area contributed by atoms with Crippen molar-refractivity contribution < 1.29 is 27.1 Å². The number of nitrogens with zero attached hydrogens (tertiary/aromatic N) is 3. The van der Waals surface area contributed by atoms with Crippen LogP contribution in [0.4, 0.5) is 13.2 Å². The Labute approximate surface area is 157 Å². The second-order valence-electron chi connectivity index (χ2n) is 6.18. The Morgan fingerprint density at radius 1 is 1.21 bits per heavy atom. The van der Waals surface area contributed by atoms with E-state index in [0.29, 0.717) is 36.2 Å². The Balaban J connectivity index is 1.45. The van der Waals surface area contributed by atoms with Gasteiger partial charge in [-0.25, -0.2) is 23.1 Å². The molecule has 0 aliphatic carbocycles. The maximum Gasteiger partial charge on any atom is 0.275 e.